The van der Waals surface area contributed by atoms with Gasteiger partial charge in [0.1, 0.15) is 18.4 Å². The van der Waals surface area contributed by atoms with Gasteiger partial charge in [-0.3, -0.25) is 4.79 Å². The Kier molecular flexibility index (Phi) is 7.62. The number of fused-ring (bicyclic) bond motifs is 3. The summed E-state index contributed by atoms with van der Waals surface area (Å²) < 4.78 is 15.2. The molecule has 11 heteroatoms. The SMILES string of the molecule is CC(C)(C)OC(=O)NCC(=O)NC1CCc2c(-c3cnn(C4CCCCO4)c3)c3ccc(Cl)c(Cl)c3n2C1. The van der Waals surface area contributed by atoms with Crippen molar-refractivity contribution in [1.29, 1.82) is 0 Å². The van der Waals surface area contributed by atoms with E-state index in [9.17, 15) is 9.59 Å². The molecule has 0 saturated carbocycles. The number of carbonyl (C=O) groups excluding carboxylic acids is 2. The minimum absolute atomic E-state index is 0.0471. The molecule has 204 valence electrons. The normalized spacial score (nSPS) is 19.7. The number of amides is 2. The van der Waals surface area contributed by atoms with Crippen molar-refractivity contribution in [3.05, 3.63) is 40.3 Å². The van der Waals surface area contributed by atoms with Crippen LogP contribution < -0.4 is 10.6 Å². The highest BCUT2D eigenvalue weighted by atomic mass is 35.5. The van der Waals surface area contributed by atoms with Gasteiger partial charge >= 0.3 is 6.09 Å². The molecule has 1 saturated heterocycles. The molecule has 4 heterocycles. The molecule has 2 unspecified atom stereocenters. The molecule has 2 aliphatic heterocycles. The predicted octanol–water partition coefficient (Wildman–Crippen LogP) is 5.47. The highest BCUT2D eigenvalue weighted by Gasteiger charge is 2.29. The summed E-state index contributed by atoms with van der Waals surface area (Å²) in [5, 5.41) is 12.1. The van der Waals surface area contributed by atoms with E-state index in [0.29, 0.717) is 16.6 Å². The third kappa shape index (κ3) is 5.65. The minimum Gasteiger partial charge on any atom is -0.444 e. The van der Waals surface area contributed by atoms with Crippen LogP contribution in [0.5, 0.6) is 0 Å². The lowest BCUT2D eigenvalue weighted by molar-refractivity contribution is -0.121. The molecule has 3 aromatic rings. The average Bonchev–Trinajstić information content (AvgIpc) is 3.47. The second-order valence-electron chi connectivity index (χ2n) is 10.9. The second kappa shape index (κ2) is 10.8. The standard InChI is InChI=1S/C27H33Cl2N5O4/c1-27(2,3)38-26(36)30-13-21(35)32-17-7-10-20-23(16-12-31-34(14-16)22-6-4-5-11-37-22)18-8-9-19(28)24(29)25(18)33(20)15-17/h8-9,12,14,17,22H,4-7,10-11,13,15H2,1-3H3,(H,30,36)(H,32,35). The molecular weight excluding hydrogens is 529 g/mol. The number of aromatic nitrogens is 3. The zero-order valence-electron chi connectivity index (χ0n) is 21.9. The molecule has 2 aromatic heterocycles. The number of hydrogen-bond donors (Lipinski definition) is 2. The lowest BCUT2D eigenvalue weighted by Gasteiger charge is -2.27. The van der Waals surface area contributed by atoms with Gasteiger partial charge < -0.3 is 24.7 Å². The number of hydrogen-bond acceptors (Lipinski definition) is 5. The molecule has 38 heavy (non-hydrogen) atoms. The van der Waals surface area contributed by atoms with E-state index in [1.807, 2.05) is 29.2 Å². The Morgan fingerprint density at radius 3 is 2.76 bits per heavy atom. The summed E-state index contributed by atoms with van der Waals surface area (Å²) in [5.74, 6) is -0.279. The van der Waals surface area contributed by atoms with Crippen LogP contribution in [0.25, 0.3) is 22.0 Å². The summed E-state index contributed by atoms with van der Waals surface area (Å²) in [4.78, 5) is 24.5. The average molecular weight is 562 g/mol. The summed E-state index contributed by atoms with van der Waals surface area (Å²) in [7, 11) is 0. The third-order valence-electron chi connectivity index (χ3n) is 6.85. The van der Waals surface area contributed by atoms with Crippen molar-refractivity contribution >= 4 is 46.1 Å². The lowest BCUT2D eigenvalue weighted by atomic mass is 9.99. The smallest absolute Gasteiger partial charge is 0.408 e. The van der Waals surface area contributed by atoms with E-state index in [1.54, 1.807) is 20.8 Å². The van der Waals surface area contributed by atoms with E-state index < -0.39 is 11.7 Å². The number of rotatable bonds is 5. The monoisotopic (exact) mass is 561 g/mol. The topological polar surface area (TPSA) is 99.4 Å². The first-order valence-corrected chi connectivity index (χ1v) is 13.8. The van der Waals surface area contributed by atoms with Gasteiger partial charge in [-0.15, -0.1) is 0 Å². The molecule has 0 radical (unpaired) electrons. The Balaban J connectivity index is 1.38. The summed E-state index contributed by atoms with van der Waals surface area (Å²) in [5.41, 5.74) is 3.42. The van der Waals surface area contributed by atoms with Crippen LogP contribution in [0.1, 0.15) is 58.4 Å². The van der Waals surface area contributed by atoms with E-state index in [-0.39, 0.29) is 24.7 Å². The predicted molar refractivity (Wildman–Crippen MR) is 147 cm³/mol. The fraction of sp³-hybridized carbons (Fsp3) is 0.519. The first-order valence-electron chi connectivity index (χ1n) is 13.0. The van der Waals surface area contributed by atoms with Gasteiger partial charge in [0.25, 0.3) is 0 Å². The molecular formula is C27H33Cl2N5O4. The van der Waals surface area contributed by atoms with Gasteiger partial charge in [0.15, 0.2) is 0 Å². The lowest BCUT2D eigenvalue weighted by Crippen LogP contribution is -2.46. The van der Waals surface area contributed by atoms with Crippen LogP contribution in [0.15, 0.2) is 24.5 Å². The van der Waals surface area contributed by atoms with Gasteiger partial charge in [-0.25, -0.2) is 9.48 Å². The van der Waals surface area contributed by atoms with E-state index in [1.165, 1.54) is 0 Å². The molecule has 2 N–H and O–H groups in total. The Labute approximate surface area is 231 Å². The van der Waals surface area contributed by atoms with Crippen LogP contribution in [0, 0.1) is 0 Å². The number of nitrogens with zero attached hydrogens (tertiary/aromatic N) is 3. The molecule has 2 aliphatic rings. The summed E-state index contributed by atoms with van der Waals surface area (Å²) in [6.45, 7) is 6.43. The van der Waals surface area contributed by atoms with Crippen molar-refractivity contribution in [3.8, 4) is 11.1 Å². The van der Waals surface area contributed by atoms with Crippen molar-refractivity contribution in [2.24, 2.45) is 0 Å². The van der Waals surface area contributed by atoms with Gasteiger partial charge in [0, 0.05) is 47.6 Å². The van der Waals surface area contributed by atoms with Gasteiger partial charge in [0.05, 0.1) is 21.8 Å². The number of alkyl carbamates (subject to hydrolysis) is 1. The maximum atomic E-state index is 12.6. The third-order valence-corrected chi connectivity index (χ3v) is 7.65. The molecule has 1 aromatic carbocycles. The zero-order valence-corrected chi connectivity index (χ0v) is 23.4. The summed E-state index contributed by atoms with van der Waals surface area (Å²) in [6.07, 6.45) is 7.88. The minimum atomic E-state index is -0.631. The summed E-state index contributed by atoms with van der Waals surface area (Å²) >= 11 is 13.2. The number of nitrogens with one attached hydrogen (secondary N) is 2. The molecule has 0 spiro atoms. The molecule has 2 atom stereocenters. The maximum absolute atomic E-state index is 12.6. The maximum Gasteiger partial charge on any atom is 0.408 e. The molecule has 5 rings (SSSR count). The molecule has 2 amide bonds. The van der Waals surface area contributed by atoms with Gasteiger partial charge in [0.2, 0.25) is 5.91 Å². The quantitative estimate of drug-likeness (QED) is 0.430. The van der Waals surface area contributed by atoms with Crippen molar-refractivity contribution < 1.29 is 19.1 Å². The fourth-order valence-corrected chi connectivity index (χ4v) is 5.68. The van der Waals surface area contributed by atoms with Crippen LogP contribution in [0.3, 0.4) is 0 Å². The highest BCUT2D eigenvalue weighted by molar-refractivity contribution is 6.45. The Morgan fingerprint density at radius 1 is 1.21 bits per heavy atom. The highest BCUT2D eigenvalue weighted by Crippen LogP contribution is 2.43. The van der Waals surface area contributed by atoms with Crippen molar-refractivity contribution in [3.63, 3.8) is 0 Å². The van der Waals surface area contributed by atoms with E-state index >= 15 is 0 Å². The van der Waals surface area contributed by atoms with E-state index in [0.717, 1.165) is 66.4 Å². The van der Waals surface area contributed by atoms with Crippen molar-refractivity contribution in [2.75, 3.05) is 13.2 Å². The summed E-state index contributed by atoms with van der Waals surface area (Å²) in [6, 6.07) is 3.68. The number of ether oxygens (including phenoxy) is 2. The molecule has 9 nitrogen and oxygen atoms in total. The van der Waals surface area contributed by atoms with Crippen molar-refractivity contribution in [1.82, 2.24) is 25.0 Å². The van der Waals surface area contributed by atoms with E-state index in [4.69, 9.17) is 32.7 Å². The van der Waals surface area contributed by atoms with Crippen LogP contribution in [-0.4, -0.2) is 51.1 Å². The largest absolute Gasteiger partial charge is 0.444 e. The number of halogens is 2. The van der Waals surface area contributed by atoms with Crippen molar-refractivity contribution in [2.45, 2.75) is 77.3 Å². The van der Waals surface area contributed by atoms with E-state index in [2.05, 4.69) is 20.3 Å². The zero-order chi connectivity index (χ0) is 27.0. The van der Waals surface area contributed by atoms with Gasteiger partial charge in [-0.05, 0) is 58.9 Å². The Morgan fingerprint density at radius 2 is 2.03 bits per heavy atom. The number of carbonyl (C=O) groups is 2. The van der Waals surface area contributed by atoms with Crippen LogP contribution in [-0.2, 0) is 27.2 Å². The Bertz CT molecular complexity index is 1350. The number of benzene rings is 1. The van der Waals surface area contributed by atoms with Crippen LogP contribution in [0.4, 0.5) is 4.79 Å². The van der Waals surface area contributed by atoms with Crippen LogP contribution in [0.2, 0.25) is 10.0 Å². The second-order valence-corrected chi connectivity index (χ2v) is 11.7. The Hall–Kier alpha value is -2.75. The van der Waals surface area contributed by atoms with Gasteiger partial charge in [-0.1, -0.05) is 29.3 Å². The van der Waals surface area contributed by atoms with Crippen LogP contribution >= 0.6 is 23.2 Å². The molecule has 0 bridgehead atoms. The molecule has 0 aliphatic carbocycles. The first kappa shape index (κ1) is 26.8. The fourth-order valence-electron chi connectivity index (χ4n) is 5.26. The van der Waals surface area contributed by atoms with Gasteiger partial charge in [-0.2, -0.15) is 5.10 Å². The first-order chi connectivity index (χ1) is 18.1. The molecule has 1 fully saturated rings.